The molecule has 34 heavy (non-hydrogen) atoms. The molecule has 5 atom stereocenters. The standard InChI is InChI=1S/C26H30N4O3.HI/c1-17(18-6-3-2-4-7-18)29-26(27-12-11-21-8-5-15-33-21)28-13-14-30-24(31)22-19-9-10-20(16-19)23(22)25(30)32;/h2-10,15,17,19-20,22-23H,11-14,16H2,1H3,(H2,27,28,29);1H. The summed E-state index contributed by atoms with van der Waals surface area (Å²) in [5.41, 5.74) is 1.15. The number of guanidine groups is 1. The number of imide groups is 1. The van der Waals surface area contributed by atoms with E-state index in [1.165, 1.54) is 4.90 Å². The summed E-state index contributed by atoms with van der Waals surface area (Å²) in [6, 6.07) is 14.0. The maximum Gasteiger partial charge on any atom is 0.233 e. The van der Waals surface area contributed by atoms with Crippen molar-refractivity contribution in [3.8, 4) is 0 Å². The zero-order valence-electron chi connectivity index (χ0n) is 19.2. The minimum absolute atomic E-state index is 0. The predicted molar refractivity (Wildman–Crippen MR) is 141 cm³/mol. The number of nitrogens with one attached hydrogen (secondary N) is 2. The maximum atomic E-state index is 12.9. The Morgan fingerprint density at radius 3 is 2.44 bits per heavy atom. The number of carbonyl (C=O) groups is 2. The molecule has 1 aromatic heterocycles. The number of furan rings is 1. The molecule has 2 N–H and O–H groups in total. The minimum Gasteiger partial charge on any atom is -0.469 e. The van der Waals surface area contributed by atoms with Crippen LogP contribution in [0.3, 0.4) is 0 Å². The van der Waals surface area contributed by atoms with Crippen LogP contribution in [-0.2, 0) is 16.0 Å². The molecule has 8 heteroatoms. The fourth-order valence-electron chi connectivity index (χ4n) is 5.39. The van der Waals surface area contributed by atoms with E-state index in [4.69, 9.17) is 9.41 Å². The Balaban J connectivity index is 0.00000274. The third-order valence-corrected chi connectivity index (χ3v) is 7.05. The predicted octanol–water partition coefficient (Wildman–Crippen LogP) is 3.54. The Bertz CT molecular complexity index is 1020. The maximum absolute atomic E-state index is 12.9. The molecule has 1 saturated heterocycles. The van der Waals surface area contributed by atoms with Crippen LogP contribution in [0.1, 0.15) is 30.7 Å². The van der Waals surface area contributed by atoms with E-state index < -0.39 is 0 Å². The van der Waals surface area contributed by atoms with Crippen molar-refractivity contribution in [1.82, 2.24) is 15.5 Å². The van der Waals surface area contributed by atoms with Gasteiger partial charge in [-0.1, -0.05) is 42.5 Å². The van der Waals surface area contributed by atoms with Gasteiger partial charge in [-0.05, 0) is 42.9 Å². The first-order valence-corrected chi connectivity index (χ1v) is 11.8. The van der Waals surface area contributed by atoms with Crippen molar-refractivity contribution in [2.24, 2.45) is 28.7 Å². The third kappa shape index (κ3) is 4.92. The van der Waals surface area contributed by atoms with Gasteiger partial charge in [-0.25, -0.2) is 0 Å². The van der Waals surface area contributed by atoms with Crippen molar-refractivity contribution in [2.45, 2.75) is 25.8 Å². The van der Waals surface area contributed by atoms with Crippen LogP contribution in [-0.4, -0.2) is 42.3 Å². The van der Waals surface area contributed by atoms with Crippen LogP contribution >= 0.6 is 24.0 Å². The number of benzene rings is 1. The molecular formula is C26H31IN4O3. The van der Waals surface area contributed by atoms with Gasteiger partial charge in [0.05, 0.1) is 24.1 Å². The monoisotopic (exact) mass is 574 g/mol. The number of nitrogens with zero attached hydrogens (tertiary/aromatic N) is 2. The van der Waals surface area contributed by atoms with Gasteiger partial charge in [0, 0.05) is 26.1 Å². The molecular weight excluding hydrogens is 543 g/mol. The Morgan fingerprint density at radius 2 is 1.79 bits per heavy atom. The molecule has 1 saturated carbocycles. The highest BCUT2D eigenvalue weighted by atomic mass is 127. The van der Waals surface area contributed by atoms with E-state index in [-0.39, 0.29) is 65.5 Å². The van der Waals surface area contributed by atoms with Crippen molar-refractivity contribution in [3.63, 3.8) is 0 Å². The lowest BCUT2D eigenvalue weighted by Crippen LogP contribution is -2.44. The number of allylic oxidation sites excluding steroid dienone is 2. The quantitative estimate of drug-likeness (QED) is 0.166. The Labute approximate surface area is 217 Å². The summed E-state index contributed by atoms with van der Waals surface area (Å²) in [5.74, 6) is 1.70. The number of hydrogen-bond acceptors (Lipinski definition) is 4. The summed E-state index contributed by atoms with van der Waals surface area (Å²) in [6.07, 6.45) is 7.55. The van der Waals surface area contributed by atoms with Crippen LogP contribution in [0.25, 0.3) is 0 Å². The highest BCUT2D eigenvalue weighted by Crippen LogP contribution is 2.52. The molecule has 0 radical (unpaired) electrons. The average molecular weight is 574 g/mol. The lowest BCUT2D eigenvalue weighted by Gasteiger charge is -2.21. The molecule has 5 unspecified atom stereocenters. The van der Waals surface area contributed by atoms with E-state index in [9.17, 15) is 9.59 Å². The van der Waals surface area contributed by atoms with E-state index in [1.54, 1.807) is 6.26 Å². The average Bonchev–Trinajstić information content (AvgIpc) is 3.62. The van der Waals surface area contributed by atoms with E-state index >= 15 is 0 Å². The molecule has 2 bridgehead atoms. The van der Waals surface area contributed by atoms with Crippen molar-refractivity contribution >= 4 is 41.8 Å². The second kappa shape index (κ2) is 10.8. The SMILES string of the molecule is CC(NC(=NCCc1ccco1)NCCN1C(=O)C2C3C=CC(C3)C2C1=O)c1ccccc1.I. The van der Waals surface area contributed by atoms with Crippen LogP contribution in [0, 0.1) is 23.7 Å². The van der Waals surface area contributed by atoms with Crippen molar-refractivity contribution in [2.75, 3.05) is 19.6 Å². The number of amides is 2. The molecule has 2 heterocycles. The van der Waals surface area contributed by atoms with E-state index in [0.717, 1.165) is 17.7 Å². The number of carbonyl (C=O) groups excluding carboxylic acids is 2. The molecule has 2 fully saturated rings. The molecule has 1 aromatic carbocycles. The summed E-state index contributed by atoms with van der Waals surface area (Å²) in [6.45, 7) is 3.44. The molecule has 3 aliphatic rings. The molecule has 0 spiro atoms. The summed E-state index contributed by atoms with van der Waals surface area (Å²) < 4.78 is 5.40. The van der Waals surface area contributed by atoms with Gasteiger partial charge >= 0.3 is 0 Å². The van der Waals surface area contributed by atoms with Gasteiger partial charge in [0.15, 0.2) is 5.96 Å². The molecule has 5 rings (SSSR count). The number of rotatable bonds is 8. The molecule has 180 valence electrons. The van der Waals surface area contributed by atoms with Gasteiger partial charge in [-0.15, -0.1) is 24.0 Å². The molecule has 1 aliphatic heterocycles. The van der Waals surface area contributed by atoms with Crippen LogP contribution in [0.5, 0.6) is 0 Å². The Kier molecular flexibility index (Phi) is 7.75. The number of halogens is 1. The molecule has 7 nitrogen and oxygen atoms in total. The second-order valence-corrected chi connectivity index (χ2v) is 9.09. The van der Waals surface area contributed by atoms with Crippen LogP contribution in [0.4, 0.5) is 0 Å². The van der Waals surface area contributed by atoms with Crippen molar-refractivity contribution in [3.05, 3.63) is 72.2 Å². The highest BCUT2D eigenvalue weighted by molar-refractivity contribution is 14.0. The van der Waals surface area contributed by atoms with Gasteiger partial charge in [0.1, 0.15) is 5.76 Å². The number of aliphatic imine (C=N–C) groups is 1. The van der Waals surface area contributed by atoms with Gasteiger partial charge in [0.25, 0.3) is 0 Å². The first kappa shape index (κ1) is 24.5. The number of fused-ring (bicyclic) bond motifs is 5. The number of likely N-dealkylation sites (tertiary alicyclic amines) is 1. The highest BCUT2D eigenvalue weighted by Gasteiger charge is 2.58. The fraction of sp³-hybridized carbons (Fsp3) is 0.423. The largest absolute Gasteiger partial charge is 0.469 e. The normalized spacial score (nSPS) is 25.9. The first-order chi connectivity index (χ1) is 16.1. The fourth-order valence-corrected chi connectivity index (χ4v) is 5.39. The van der Waals surface area contributed by atoms with Gasteiger partial charge in [-0.3, -0.25) is 19.5 Å². The molecule has 2 aromatic rings. The van der Waals surface area contributed by atoms with Crippen molar-refractivity contribution in [1.29, 1.82) is 0 Å². The first-order valence-electron chi connectivity index (χ1n) is 11.8. The Hall–Kier alpha value is -2.62. The smallest absolute Gasteiger partial charge is 0.233 e. The summed E-state index contributed by atoms with van der Waals surface area (Å²) in [4.78, 5) is 32.0. The third-order valence-electron chi connectivity index (χ3n) is 7.05. The number of hydrogen-bond donors (Lipinski definition) is 2. The van der Waals surface area contributed by atoms with E-state index in [2.05, 4.69) is 41.8 Å². The van der Waals surface area contributed by atoms with Crippen molar-refractivity contribution < 1.29 is 14.0 Å². The molecule has 2 aliphatic carbocycles. The lowest BCUT2D eigenvalue weighted by atomic mass is 9.85. The topological polar surface area (TPSA) is 86.9 Å². The van der Waals surface area contributed by atoms with Gasteiger partial charge in [-0.2, -0.15) is 0 Å². The molecule has 2 amide bonds. The van der Waals surface area contributed by atoms with E-state index in [0.29, 0.717) is 32.0 Å². The lowest BCUT2D eigenvalue weighted by molar-refractivity contribution is -0.140. The second-order valence-electron chi connectivity index (χ2n) is 9.09. The summed E-state index contributed by atoms with van der Waals surface area (Å²) in [7, 11) is 0. The summed E-state index contributed by atoms with van der Waals surface area (Å²) >= 11 is 0. The van der Waals surface area contributed by atoms with E-state index in [1.807, 2.05) is 30.3 Å². The minimum atomic E-state index is -0.148. The summed E-state index contributed by atoms with van der Waals surface area (Å²) in [5, 5.41) is 6.75. The zero-order chi connectivity index (χ0) is 22.8. The van der Waals surface area contributed by atoms with Gasteiger partial charge < -0.3 is 15.1 Å². The Morgan fingerprint density at radius 1 is 1.09 bits per heavy atom. The van der Waals surface area contributed by atoms with Gasteiger partial charge in [0.2, 0.25) is 11.8 Å². The van der Waals surface area contributed by atoms with Crippen LogP contribution < -0.4 is 10.6 Å². The zero-order valence-corrected chi connectivity index (χ0v) is 21.6. The van der Waals surface area contributed by atoms with Crippen LogP contribution in [0.15, 0.2) is 70.3 Å². The van der Waals surface area contributed by atoms with Crippen LogP contribution in [0.2, 0.25) is 0 Å².